The summed E-state index contributed by atoms with van der Waals surface area (Å²) in [6.07, 6.45) is -2.79. The summed E-state index contributed by atoms with van der Waals surface area (Å²) in [5.41, 5.74) is 0. The normalized spacial score (nSPS) is 16.8. The number of sulfonamides is 1. The molecule has 2 rings (SSSR count). The molecule has 1 aliphatic rings. The van der Waals surface area contributed by atoms with Crippen LogP contribution in [0.15, 0.2) is 11.2 Å². The molecule has 1 aromatic heterocycles. The summed E-state index contributed by atoms with van der Waals surface area (Å²) in [4.78, 5) is 27.2. The molecule has 28 heavy (non-hydrogen) atoms. The van der Waals surface area contributed by atoms with E-state index in [0.29, 0.717) is 5.82 Å². The van der Waals surface area contributed by atoms with Gasteiger partial charge in [-0.3, -0.25) is 9.59 Å². The molecule has 1 fully saturated rings. The van der Waals surface area contributed by atoms with E-state index in [0.717, 1.165) is 0 Å². The summed E-state index contributed by atoms with van der Waals surface area (Å²) in [5.74, 6) is -1.89. The number of hydrogen-bond acceptors (Lipinski definition) is 6. The Bertz CT molecular complexity index is 810. The van der Waals surface area contributed by atoms with Gasteiger partial charge in [-0.25, -0.2) is 13.4 Å². The van der Waals surface area contributed by atoms with Gasteiger partial charge >= 0.3 is 12.1 Å². The minimum Gasteiger partial charge on any atom is -0.455 e. The second-order valence-electron chi connectivity index (χ2n) is 6.42. The molecule has 2 heterocycles. The number of esters is 1. The first-order valence-electron chi connectivity index (χ1n) is 8.40. The van der Waals surface area contributed by atoms with E-state index in [2.05, 4.69) is 4.98 Å². The van der Waals surface area contributed by atoms with Crippen molar-refractivity contribution < 1.29 is 35.9 Å². The first-order valence-corrected chi connectivity index (χ1v) is 9.84. The number of imidazole rings is 1. The van der Waals surface area contributed by atoms with Crippen molar-refractivity contribution >= 4 is 21.9 Å². The third-order valence-electron chi connectivity index (χ3n) is 4.31. The molecule has 158 valence electrons. The number of nitrogens with one attached hydrogen (secondary N) is 1. The number of rotatable bonds is 6. The third-order valence-corrected chi connectivity index (χ3v) is 6.08. The number of carbonyl (C=O) groups excluding carboxylic acids is 2. The van der Waals surface area contributed by atoms with Crippen LogP contribution >= 0.6 is 0 Å². The van der Waals surface area contributed by atoms with E-state index < -0.39 is 47.1 Å². The summed E-state index contributed by atoms with van der Waals surface area (Å²) < 4.78 is 68.7. The molecule has 13 heteroatoms. The van der Waals surface area contributed by atoms with E-state index in [1.165, 1.54) is 10.5 Å². The SMILES string of the molecule is Cc1nc(S(=O)(=O)N2CCC(C(=O)OCC(=O)NCC(F)(F)F)CC2)cn1C. The van der Waals surface area contributed by atoms with Gasteiger partial charge in [-0.05, 0) is 19.8 Å². The topological polar surface area (TPSA) is 111 Å². The molecule has 1 N–H and O–H groups in total. The lowest BCUT2D eigenvalue weighted by Crippen LogP contribution is -2.41. The van der Waals surface area contributed by atoms with Crippen LogP contribution in [0.1, 0.15) is 18.7 Å². The minimum atomic E-state index is -4.55. The number of amides is 1. The Kier molecular flexibility index (Phi) is 6.70. The van der Waals surface area contributed by atoms with Gasteiger partial charge < -0.3 is 14.6 Å². The number of alkyl halides is 3. The molecule has 1 aromatic rings. The quantitative estimate of drug-likeness (QED) is 0.658. The molecule has 0 radical (unpaired) electrons. The second kappa shape index (κ2) is 8.47. The molecule has 0 spiro atoms. The predicted octanol–water partition coefficient (Wildman–Crippen LogP) is 0.351. The summed E-state index contributed by atoms with van der Waals surface area (Å²) in [7, 11) is -2.11. The van der Waals surface area contributed by atoms with E-state index in [4.69, 9.17) is 4.74 Å². The Morgan fingerprint density at radius 3 is 2.43 bits per heavy atom. The van der Waals surface area contributed by atoms with Crippen LogP contribution in [0.4, 0.5) is 13.2 Å². The van der Waals surface area contributed by atoms with E-state index in [9.17, 15) is 31.2 Å². The van der Waals surface area contributed by atoms with Crippen molar-refractivity contribution in [1.29, 1.82) is 0 Å². The van der Waals surface area contributed by atoms with Crippen LogP contribution in [0.3, 0.4) is 0 Å². The molecule has 9 nitrogen and oxygen atoms in total. The lowest BCUT2D eigenvalue weighted by molar-refractivity contribution is -0.155. The average Bonchev–Trinajstić information content (AvgIpc) is 2.97. The van der Waals surface area contributed by atoms with Gasteiger partial charge in [0.1, 0.15) is 12.4 Å². The van der Waals surface area contributed by atoms with Crippen LogP contribution in [-0.2, 0) is 31.4 Å². The first-order chi connectivity index (χ1) is 12.9. The minimum absolute atomic E-state index is 0.0675. The second-order valence-corrected chi connectivity index (χ2v) is 8.30. The Balaban J connectivity index is 1.83. The zero-order valence-electron chi connectivity index (χ0n) is 15.3. The third kappa shape index (κ3) is 5.67. The summed E-state index contributed by atoms with van der Waals surface area (Å²) in [6, 6.07) is 0. The number of piperidine rings is 1. The lowest BCUT2D eigenvalue weighted by Gasteiger charge is -2.29. The fourth-order valence-electron chi connectivity index (χ4n) is 2.62. The van der Waals surface area contributed by atoms with Crippen LogP contribution in [0.25, 0.3) is 0 Å². The zero-order valence-corrected chi connectivity index (χ0v) is 16.1. The zero-order chi connectivity index (χ0) is 21.1. The maximum absolute atomic E-state index is 12.6. The first kappa shape index (κ1) is 22.1. The van der Waals surface area contributed by atoms with Crippen LogP contribution in [0.2, 0.25) is 0 Å². The number of aryl methyl sites for hydroxylation is 2. The number of carbonyl (C=O) groups is 2. The van der Waals surface area contributed by atoms with Crippen molar-refractivity contribution in [2.45, 2.75) is 31.0 Å². The fourth-order valence-corrected chi connectivity index (χ4v) is 4.11. The summed E-state index contributed by atoms with van der Waals surface area (Å²) in [6.45, 7) is -0.518. The Morgan fingerprint density at radius 2 is 1.93 bits per heavy atom. The van der Waals surface area contributed by atoms with Gasteiger partial charge in [-0.1, -0.05) is 0 Å². The molecule has 0 unspecified atom stereocenters. The van der Waals surface area contributed by atoms with Gasteiger partial charge in [0.15, 0.2) is 11.6 Å². The van der Waals surface area contributed by atoms with Gasteiger partial charge in [0.2, 0.25) is 0 Å². The molecular weight excluding hydrogens is 405 g/mol. The highest BCUT2D eigenvalue weighted by Gasteiger charge is 2.34. The number of halogens is 3. The van der Waals surface area contributed by atoms with Gasteiger partial charge in [0, 0.05) is 26.3 Å². The molecule has 0 atom stereocenters. The van der Waals surface area contributed by atoms with Gasteiger partial charge in [0.05, 0.1) is 5.92 Å². The van der Waals surface area contributed by atoms with Crippen LogP contribution < -0.4 is 5.32 Å². The van der Waals surface area contributed by atoms with E-state index in [1.54, 1.807) is 23.9 Å². The van der Waals surface area contributed by atoms with Gasteiger partial charge in [0.25, 0.3) is 15.9 Å². The van der Waals surface area contributed by atoms with Crippen LogP contribution in [-0.4, -0.2) is 66.6 Å². The Labute approximate surface area is 159 Å². The van der Waals surface area contributed by atoms with Crippen molar-refractivity contribution in [3.8, 4) is 0 Å². The number of ether oxygens (including phenoxy) is 1. The fraction of sp³-hybridized carbons (Fsp3) is 0.667. The highest BCUT2D eigenvalue weighted by atomic mass is 32.2. The maximum atomic E-state index is 12.6. The summed E-state index contributed by atoms with van der Waals surface area (Å²) in [5, 5.41) is 1.52. The van der Waals surface area contributed by atoms with Crippen molar-refractivity contribution in [2.75, 3.05) is 26.2 Å². The highest BCUT2D eigenvalue weighted by Crippen LogP contribution is 2.24. The Morgan fingerprint density at radius 1 is 1.32 bits per heavy atom. The molecular formula is C15H21F3N4O5S. The molecule has 0 bridgehead atoms. The van der Waals surface area contributed by atoms with Crippen molar-refractivity contribution in [1.82, 2.24) is 19.2 Å². The maximum Gasteiger partial charge on any atom is 0.405 e. The number of aromatic nitrogens is 2. The highest BCUT2D eigenvalue weighted by molar-refractivity contribution is 7.89. The van der Waals surface area contributed by atoms with E-state index in [1.807, 2.05) is 0 Å². The number of nitrogens with zero attached hydrogens (tertiary/aromatic N) is 3. The van der Waals surface area contributed by atoms with Crippen LogP contribution in [0, 0.1) is 12.8 Å². The summed E-state index contributed by atoms with van der Waals surface area (Å²) >= 11 is 0. The van der Waals surface area contributed by atoms with E-state index in [-0.39, 0.29) is 31.0 Å². The van der Waals surface area contributed by atoms with Crippen molar-refractivity contribution in [3.05, 3.63) is 12.0 Å². The van der Waals surface area contributed by atoms with Crippen LogP contribution in [0.5, 0.6) is 0 Å². The van der Waals surface area contributed by atoms with Gasteiger partial charge in [-0.15, -0.1) is 0 Å². The van der Waals surface area contributed by atoms with E-state index >= 15 is 0 Å². The Hall–Kier alpha value is -2.15. The molecule has 0 aromatic carbocycles. The molecule has 0 aliphatic carbocycles. The van der Waals surface area contributed by atoms with Crippen molar-refractivity contribution in [3.63, 3.8) is 0 Å². The standard InChI is InChI=1S/C15H21F3N4O5S/c1-10-20-13(7-21(10)2)28(25,26)22-5-3-11(4-6-22)14(24)27-8-12(23)19-9-15(16,17)18/h7,11H,3-6,8-9H2,1-2H3,(H,19,23). The number of hydrogen-bond donors (Lipinski definition) is 1. The molecule has 1 amide bonds. The molecule has 1 aliphatic heterocycles. The predicted molar refractivity (Wildman–Crippen MR) is 89.5 cm³/mol. The van der Waals surface area contributed by atoms with Gasteiger partial charge in [-0.2, -0.15) is 17.5 Å². The monoisotopic (exact) mass is 426 g/mol. The lowest BCUT2D eigenvalue weighted by atomic mass is 9.98. The smallest absolute Gasteiger partial charge is 0.405 e. The largest absolute Gasteiger partial charge is 0.455 e. The molecule has 1 saturated heterocycles. The average molecular weight is 426 g/mol. The van der Waals surface area contributed by atoms with Crippen molar-refractivity contribution in [2.24, 2.45) is 13.0 Å². The molecule has 0 saturated carbocycles.